The third-order valence-electron chi connectivity index (χ3n) is 4.63. The van der Waals surface area contributed by atoms with Crippen molar-refractivity contribution >= 4 is 0 Å². The monoisotopic (exact) mass is 331 g/mol. The van der Waals surface area contributed by atoms with Gasteiger partial charge in [0.1, 0.15) is 0 Å². The number of hydrogen-bond acceptors (Lipinski definition) is 6. The van der Waals surface area contributed by atoms with Crippen LogP contribution in [0.3, 0.4) is 0 Å². The van der Waals surface area contributed by atoms with Crippen molar-refractivity contribution < 1.29 is 14.0 Å². The Morgan fingerprint density at radius 1 is 1.08 bits per heavy atom. The standard InChI is InChI=1S/C18H25N3O3/c1-11(2)17-19-18(24-20-17)12(3)21-7-6-13-8-15(22-4)16(23-5)9-14(13)10-21/h8-9,11-12H,6-7,10H2,1-5H3. The molecule has 2 aromatic rings. The molecule has 1 aliphatic rings. The molecule has 0 aliphatic carbocycles. The van der Waals surface area contributed by atoms with Gasteiger partial charge in [-0.05, 0) is 36.6 Å². The van der Waals surface area contributed by atoms with Gasteiger partial charge in [-0.3, -0.25) is 4.90 Å². The molecule has 0 spiro atoms. The molecule has 2 heterocycles. The average molecular weight is 331 g/mol. The van der Waals surface area contributed by atoms with Crippen molar-refractivity contribution in [3.63, 3.8) is 0 Å². The van der Waals surface area contributed by atoms with Gasteiger partial charge in [0.15, 0.2) is 17.3 Å². The van der Waals surface area contributed by atoms with E-state index in [1.54, 1.807) is 14.2 Å². The van der Waals surface area contributed by atoms with E-state index < -0.39 is 0 Å². The molecule has 1 atom stereocenters. The van der Waals surface area contributed by atoms with E-state index in [9.17, 15) is 0 Å². The molecule has 0 N–H and O–H groups in total. The second-order valence-corrected chi connectivity index (χ2v) is 6.52. The first-order valence-corrected chi connectivity index (χ1v) is 8.34. The van der Waals surface area contributed by atoms with E-state index in [-0.39, 0.29) is 12.0 Å². The number of fused-ring (bicyclic) bond motifs is 1. The number of aromatic nitrogens is 2. The van der Waals surface area contributed by atoms with Gasteiger partial charge in [-0.2, -0.15) is 4.98 Å². The van der Waals surface area contributed by atoms with Crippen LogP contribution >= 0.6 is 0 Å². The van der Waals surface area contributed by atoms with Crippen LogP contribution in [0.2, 0.25) is 0 Å². The van der Waals surface area contributed by atoms with Crippen LogP contribution in [-0.2, 0) is 13.0 Å². The maximum absolute atomic E-state index is 5.46. The van der Waals surface area contributed by atoms with Gasteiger partial charge in [0.25, 0.3) is 0 Å². The summed E-state index contributed by atoms with van der Waals surface area (Å²) in [6, 6.07) is 4.24. The molecule has 24 heavy (non-hydrogen) atoms. The summed E-state index contributed by atoms with van der Waals surface area (Å²) in [5, 5.41) is 4.08. The highest BCUT2D eigenvalue weighted by Crippen LogP contribution is 2.35. The van der Waals surface area contributed by atoms with Gasteiger partial charge < -0.3 is 14.0 Å². The Bertz CT molecular complexity index is 712. The van der Waals surface area contributed by atoms with Crippen molar-refractivity contribution in [1.82, 2.24) is 15.0 Å². The molecule has 0 radical (unpaired) electrons. The lowest BCUT2D eigenvalue weighted by Crippen LogP contribution is -2.33. The molecule has 1 aromatic heterocycles. The largest absolute Gasteiger partial charge is 0.493 e. The highest BCUT2D eigenvalue weighted by Gasteiger charge is 2.27. The molecule has 0 bridgehead atoms. The highest BCUT2D eigenvalue weighted by atomic mass is 16.5. The summed E-state index contributed by atoms with van der Waals surface area (Å²) in [7, 11) is 3.34. The molecule has 1 unspecified atom stereocenters. The average Bonchev–Trinajstić information content (AvgIpc) is 3.09. The van der Waals surface area contributed by atoms with Crippen LogP contribution in [0.4, 0.5) is 0 Å². The topological polar surface area (TPSA) is 60.6 Å². The maximum atomic E-state index is 5.46. The second-order valence-electron chi connectivity index (χ2n) is 6.52. The maximum Gasteiger partial charge on any atom is 0.243 e. The van der Waals surface area contributed by atoms with Crippen molar-refractivity contribution in [3.8, 4) is 11.5 Å². The van der Waals surface area contributed by atoms with Gasteiger partial charge in [-0.15, -0.1) is 0 Å². The van der Waals surface area contributed by atoms with Gasteiger partial charge in [-0.25, -0.2) is 0 Å². The normalized spacial score (nSPS) is 16.1. The summed E-state index contributed by atoms with van der Waals surface area (Å²) in [6.45, 7) is 8.02. The molecule has 130 valence electrons. The third-order valence-corrected chi connectivity index (χ3v) is 4.63. The lowest BCUT2D eigenvalue weighted by Gasteiger charge is -2.32. The van der Waals surface area contributed by atoms with Crippen LogP contribution in [-0.4, -0.2) is 35.8 Å². The van der Waals surface area contributed by atoms with Gasteiger partial charge in [0, 0.05) is 19.0 Å². The predicted molar refractivity (Wildman–Crippen MR) is 90.5 cm³/mol. The van der Waals surface area contributed by atoms with Crippen molar-refractivity contribution in [2.75, 3.05) is 20.8 Å². The predicted octanol–water partition coefficient (Wildman–Crippen LogP) is 3.33. The number of nitrogens with zero attached hydrogens (tertiary/aromatic N) is 3. The van der Waals surface area contributed by atoms with Gasteiger partial charge in [0.05, 0.1) is 20.3 Å². The zero-order chi connectivity index (χ0) is 17.3. The molecule has 0 saturated carbocycles. The molecule has 1 aliphatic heterocycles. The number of ether oxygens (including phenoxy) is 2. The van der Waals surface area contributed by atoms with Gasteiger partial charge in [-0.1, -0.05) is 19.0 Å². The minimum atomic E-state index is 0.0891. The van der Waals surface area contributed by atoms with Crippen LogP contribution in [0.5, 0.6) is 11.5 Å². The van der Waals surface area contributed by atoms with E-state index in [0.717, 1.165) is 36.8 Å². The quantitative estimate of drug-likeness (QED) is 0.837. The van der Waals surface area contributed by atoms with Crippen molar-refractivity contribution in [3.05, 3.63) is 35.0 Å². The molecule has 6 nitrogen and oxygen atoms in total. The van der Waals surface area contributed by atoms with E-state index in [0.29, 0.717) is 5.89 Å². The summed E-state index contributed by atoms with van der Waals surface area (Å²) in [5.41, 5.74) is 2.57. The number of methoxy groups -OCH3 is 2. The van der Waals surface area contributed by atoms with Gasteiger partial charge >= 0.3 is 0 Å². The third kappa shape index (κ3) is 3.11. The fourth-order valence-electron chi connectivity index (χ4n) is 3.04. The summed E-state index contributed by atoms with van der Waals surface area (Å²) < 4.78 is 16.3. The minimum absolute atomic E-state index is 0.0891. The summed E-state index contributed by atoms with van der Waals surface area (Å²) in [6.07, 6.45) is 0.963. The van der Waals surface area contributed by atoms with Crippen LogP contribution in [0.25, 0.3) is 0 Å². The molecule has 3 rings (SSSR count). The molecule has 0 fully saturated rings. The Hall–Kier alpha value is -2.08. The first-order valence-electron chi connectivity index (χ1n) is 8.34. The SMILES string of the molecule is COc1cc2c(cc1OC)CN(C(C)c1nc(C(C)C)no1)CC2. The lowest BCUT2D eigenvalue weighted by molar-refractivity contribution is 0.157. The molecule has 0 amide bonds. The molecular weight excluding hydrogens is 306 g/mol. The Labute approximate surface area is 142 Å². The van der Waals surface area contributed by atoms with Crippen LogP contribution in [0.15, 0.2) is 16.7 Å². The van der Waals surface area contributed by atoms with E-state index >= 15 is 0 Å². The van der Waals surface area contributed by atoms with Crippen molar-refractivity contribution in [2.24, 2.45) is 0 Å². The van der Waals surface area contributed by atoms with Crippen molar-refractivity contribution in [2.45, 2.75) is 45.7 Å². The lowest BCUT2D eigenvalue weighted by atomic mass is 9.97. The fraction of sp³-hybridized carbons (Fsp3) is 0.556. The number of hydrogen-bond donors (Lipinski definition) is 0. The number of benzene rings is 1. The Morgan fingerprint density at radius 2 is 1.75 bits per heavy atom. The molecular formula is C18H25N3O3. The Morgan fingerprint density at radius 3 is 2.33 bits per heavy atom. The van der Waals surface area contributed by atoms with Gasteiger partial charge in [0.2, 0.25) is 5.89 Å². The minimum Gasteiger partial charge on any atom is -0.493 e. The van der Waals surface area contributed by atoms with Crippen LogP contribution in [0, 0.1) is 0 Å². The van der Waals surface area contributed by atoms with E-state index in [2.05, 4.69) is 47.9 Å². The first-order chi connectivity index (χ1) is 11.5. The first kappa shape index (κ1) is 16.8. The zero-order valence-electron chi connectivity index (χ0n) is 15.0. The summed E-state index contributed by atoms with van der Waals surface area (Å²) >= 11 is 0. The molecule has 6 heteroatoms. The van der Waals surface area contributed by atoms with Crippen molar-refractivity contribution in [1.29, 1.82) is 0 Å². The van der Waals surface area contributed by atoms with E-state index in [1.807, 2.05) is 0 Å². The summed E-state index contributed by atoms with van der Waals surface area (Å²) in [5.74, 6) is 3.28. The Kier molecular flexibility index (Phi) is 4.76. The zero-order valence-corrected chi connectivity index (χ0v) is 15.0. The summed E-state index contributed by atoms with van der Waals surface area (Å²) in [4.78, 5) is 6.89. The number of rotatable bonds is 5. The second kappa shape index (κ2) is 6.81. The van der Waals surface area contributed by atoms with E-state index in [4.69, 9.17) is 14.0 Å². The highest BCUT2D eigenvalue weighted by molar-refractivity contribution is 5.48. The Balaban J connectivity index is 1.80. The molecule has 0 saturated heterocycles. The van der Waals surface area contributed by atoms with E-state index in [1.165, 1.54) is 11.1 Å². The van der Waals surface area contributed by atoms with Crippen LogP contribution < -0.4 is 9.47 Å². The van der Waals surface area contributed by atoms with Crippen LogP contribution in [0.1, 0.15) is 55.6 Å². The fourth-order valence-corrected chi connectivity index (χ4v) is 3.04. The molecule has 1 aromatic carbocycles. The smallest absolute Gasteiger partial charge is 0.243 e.